The van der Waals surface area contributed by atoms with Crippen molar-refractivity contribution >= 4 is 40.6 Å². The summed E-state index contributed by atoms with van der Waals surface area (Å²) < 4.78 is 20.2. The molecule has 0 fully saturated rings. The van der Waals surface area contributed by atoms with Gasteiger partial charge < -0.3 is 30.7 Å². The number of ether oxygens (including phenoxy) is 2. The van der Waals surface area contributed by atoms with Gasteiger partial charge in [0.05, 0.1) is 26.2 Å². The summed E-state index contributed by atoms with van der Waals surface area (Å²) in [4.78, 5) is 40.3. The second-order valence-corrected chi connectivity index (χ2v) is 9.28. The minimum Gasteiger partial charge on any atom is -0.493 e. The van der Waals surface area contributed by atoms with E-state index >= 15 is 0 Å². The molecule has 3 aromatic rings. The van der Waals surface area contributed by atoms with Crippen LogP contribution in [0.4, 0.5) is 11.4 Å². The van der Waals surface area contributed by atoms with Gasteiger partial charge in [-0.05, 0) is 56.6 Å². The van der Waals surface area contributed by atoms with Crippen LogP contribution in [0.3, 0.4) is 0 Å². The number of nitrogen functional groups attached to an aromatic ring is 1. The maximum absolute atomic E-state index is 13.9. The molecule has 1 atom stereocenters. The molecule has 186 valence electrons. The lowest BCUT2D eigenvalue weighted by molar-refractivity contribution is -0.124. The lowest BCUT2D eigenvalue weighted by Gasteiger charge is -2.32. The van der Waals surface area contributed by atoms with Gasteiger partial charge in [-0.3, -0.25) is 19.3 Å². The number of furan rings is 1. The van der Waals surface area contributed by atoms with Gasteiger partial charge in [-0.1, -0.05) is 0 Å². The Morgan fingerprint density at radius 3 is 2.34 bits per heavy atom. The second kappa shape index (κ2) is 10.1. The van der Waals surface area contributed by atoms with E-state index in [-0.39, 0.29) is 27.7 Å². The number of hydrogen-bond acceptors (Lipinski definition) is 9. The van der Waals surface area contributed by atoms with Gasteiger partial charge in [0, 0.05) is 17.3 Å². The number of amides is 3. The minimum absolute atomic E-state index is 0.0614. The maximum Gasteiger partial charge on any atom is 0.273 e. The molecule has 11 nitrogen and oxygen atoms in total. The number of nitrogens with one attached hydrogen (secondary N) is 1. The molecule has 0 unspecified atom stereocenters. The van der Waals surface area contributed by atoms with E-state index in [2.05, 4.69) is 9.69 Å². The molecular formula is C23H27N5O6S. The molecule has 3 amide bonds. The Bertz CT molecular complexity index is 1230. The maximum atomic E-state index is 13.9. The molecule has 0 saturated heterocycles. The number of aromatic nitrogens is 1. The SMILES string of the molecule is COc1ccc(N(C(=O)c2snc(C(N)=O)c2N)[C@@H](C(=O)NC(C)(C)C)c2ccco2)cc1OC. The predicted octanol–water partition coefficient (Wildman–Crippen LogP) is 2.74. The van der Waals surface area contributed by atoms with Crippen LogP contribution < -0.4 is 31.2 Å². The van der Waals surface area contributed by atoms with E-state index in [0.717, 1.165) is 0 Å². The van der Waals surface area contributed by atoms with E-state index in [4.69, 9.17) is 25.4 Å². The summed E-state index contributed by atoms with van der Waals surface area (Å²) in [6.07, 6.45) is 1.40. The zero-order chi connectivity index (χ0) is 25.9. The first-order chi connectivity index (χ1) is 16.5. The van der Waals surface area contributed by atoms with Crippen molar-refractivity contribution in [3.8, 4) is 11.5 Å². The minimum atomic E-state index is -1.24. The molecular weight excluding hydrogens is 474 g/mol. The molecule has 2 aromatic heterocycles. The number of methoxy groups -OCH3 is 2. The van der Waals surface area contributed by atoms with Gasteiger partial charge in [-0.2, -0.15) is 4.37 Å². The number of hydrogen-bond donors (Lipinski definition) is 3. The number of rotatable bonds is 8. The first-order valence-corrected chi connectivity index (χ1v) is 11.2. The largest absolute Gasteiger partial charge is 0.493 e. The van der Waals surface area contributed by atoms with E-state index in [1.807, 2.05) is 20.8 Å². The Morgan fingerprint density at radius 1 is 1.14 bits per heavy atom. The van der Waals surface area contributed by atoms with Crippen LogP contribution in [0.5, 0.6) is 11.5 Å². The molecule has 0 bridgehead atoms. The molecule has 0 spiro atoms. The lowest BCUT2D eigenvalue weighted by Crippen LogP contribution is -2.49. The summed E-state index contributed by atoms with van der Waals surface area (Å²) in [5, 5.41) is 2.89. The summed E-state index contributed by atoms with van der Waals surface area (Å²) >= 11 is 0.707. The van der Waals surface area contributed by atoms with Crippen LogP contribution in [-0.2, 0) is 4.79 Å². The van der Waals surface area contributed by atoms with Gasteiger partial charge in [0.1, 0.15) is 10.6 Å². The van der Waals surface area contributed by atoms with Gasteiger partial charge >= 0.3 is 0 Å². The van der Waals surface area contributed by atoms with Crippen LogP contribution in [-0.4, -0.2) is 41.9 Å². The number of carbonyl (C=O) groups is 3. The Hall–Kier alpha value is -4.06. The Morgan fingerprint density at radius 2 is 1.83 bits per heavy atom. The highest BCUT2D eigenvalue weighted by Gasteiger charge is 2.39. The van der Waals surface area contributed by atoms with E-state index < -0.39 is 29.3 Å². The van der Waals surface area contributed by atoms with Crippen LogP contribution in [0.15, 0.2) is 41.0 Å². The molecule has 0 aliphatic heterocycles. The average molecular weight is 502 g/mol. The van der Waals surface area contributed by atoms with Crippen LogP contribution in [0.25, 0.3) is 0 Å². The molecule has 3 rings (SSSR count). The van der Waals surface area contributed by atoms with Crippen molar-refractivity contribution in [1.82, 2.24) is 9.69 Å². The number of benzene rings is 1. The third-order valence-corrected chi connectivity index (χ3v) is 5.69. The Kier molecular flexibility index (Phi) is 7.34. The van der Waals surface area contributed by atoms with E-state index in [9.17, 15) is 14.4 Å². The second-order valence-electron chi connectivity index (χ2n) is 8.51. The normalized spacial score (nSPS) is 12.0. The monoisotopic (exact) mass is 501 g/mol. The molecule has 12 heteroatoms. The fourth-order valence-corrected chi connectivity index (χ4v) is 4.10. The van der Waals surface area contributed by atoms with Crippen molar-refractivity contribution in [1.29, 1.82) is 0 Å². The van der Waals surface area contributed by atoms with E-state index in [1.165, 1.54) is 25.4 Å². The number of primary amides is 1. The molecule has 0 radical (unpaired) electrons. The summed E-state index contributed by atoms with van der Waals surface area (Å²) in [5.74, 6) is -1.12. The van der Waals surface area contributed by atoms with Gasteiger partial charge in [0.2, 0.25) is 0 Å². The van der Waals surface area contributed by atoms with Gasteiger partial charge in [-0.15, -0.1) is 0 Å². The standard InChI is InChI=1S/C23H27N5O6S/c1-23(2,3)26-21(30)18(14-7-6-10-34-14)28(12-8-9-13(32-4)15(11-12)33-5)22(31)19-16(24)17(20(25)29)27-35-19/h6-11,18H,24H2,1-5H3,(H2,25,29)(H,26,30)/t18-/m1/s1. The fraction of sp³-hybridized carbons (Fsp3) is 0.304. The van der Waals surface area contributed by atoms with Crippen LogP contribution >= 0.6 is 11.5 Å². The van der Waals surface area contributed by atoms with Crippen molar-refractivity contribution in [3.05, 3.63) is 52.9 Å². The van der Waals surface area contributed by atoms with E-state index in [1.54, 1.807) is 30.3 Å². The average Bonchev–Trinajstić information content (AvgIpc) is 3.45. The highest BCUT2D eigenvalue weighted by Crippen LogP contribution is 2.38. The Balaban J connectivity index is 2.24. The highest BCUT2D eigenvalue weighted by atomic mass is 32.1. The van der Waals surface area contributed by atoms with Crippen LogP contribution in [0.2, 0.25) is 0 Å². The predicted molar refractivity (Wildman–Crippen MR) is 131 cm³/mol. The molecule has 0 saturated carbocycles. The van der Waals surface area contributed by atoms with Crippen molar-refractivity contribution in [3.63, 3.8) is 0 Å². The van der Waals surface area contributed by atoms with Crippen molar-refractivity contribution in [2.24, 2.45) is 5.73 Å². The molecule has 2 heterocycles. The quantitative estimate of drug-likeness (QED) is 0.424. The lowest BCUT2D eigenvalue weighted by atomic mass is 10.0. The molecule has 5 N–H and O–H groups in total. The third kappa shape index (κ3) is 5.38. The topological polar surface area (TPSA) is 163 Å². The van der Waals surface area contributed by atoms with Gasteiger partial charge in [-0.25, -0.2) is 0 Å². The zero-order valence-electron chi connectivity index (χ0n) is 19.9. The number of carbonyl (C=O) groups excluding carboxylic acids is 3. The Labute approximate surface area is 206 Å². The molecule has 0 aliphatic carbocycles. The van der Waals surface area contributed by atoms with Gasteiger partial charge in [0.15, 0.2) is 23.2 Å². The highest BCUT2D eigenvalue weighted by molar-refractivity contribution is 7.09. The summed E-state index contributed by atoms with van der Waals surface area (Å²) in [5.41, 5.74) is 10.7. The van der Waals surface area contributed by atoms with E-state index in [0.29, 0.717) is 23.0 Å². The molecule has 35 heavy (non-hydrogen) atoms. The number of nitrogens with zero attached hydrogens (tertiary/aromatic N) is 2. The smallest absolute Gasteiger partial charge is 0.273 e. The fourth-order valence-electron chi connectivity index (χ4n) is 3.36. The van der Waals surface area contributed by atoms with Crippen LogP contribution in [0, 0.1) is 0 Å². The summed E-state index contributed by atoms with van der Waals surface area (Å²) in [7, 11) is 2.93. The summed E-state index contributed by atoms with van der Waals surface area (Å²) in [6.45, 7) is 5.44. The first-order valence-electron chi connectivity index (χ1n) is 10.4. The van der Waals surface area contributed by atoms with Crippen molar-refractivity contribution in [2.75, 3.05) is 24.9 Å². The molecule has 1 aromatic carbocycles. The zero-order valence-corrected chi connectivity index (χ0v) is 20.8. The van der Waals surface area contributed by atoms with Gasteiger partial charge in [0.25, 0.3) is 17.7 Å². The first kappa shape index (κ1) is 25.6. The van der Waals surface area contributed by atoms with Crippen molar-refractivity contribution < 1.29 is 28.3 Å². The molecule has 0 aliphatic rings. The van der Waals surface area contributed by atoms with Crippen LogP contribution in [0.1, 0.15) is 52.7 Å². The number of nitrogens with two attached hydrogens (primary N) is 2. The van der Waals surface area contributed by atoms with Crippen molar-refractivity contribution in [2.45, 2.75) is 32.4 Å². The number of anilines is 2. The summed E-state index contributed by atoms with van der Waals surface area (Å²) in [6, 6.07) is 6.68. The third-order valence-electron chi connectivity index (χ3n) is 4.84.